The van der Waals surface area contributed by atoms with Crippen LogP contribution in [0.25, 0.3) is 0 Å². The van der Waals surface area contributed by atoms with E-state index in [1.807, 2.05) is 13.0 Å². The van der Waals surface area contributed by atoms with E-state index >= 15 is 0 Å². The smallest absolute Gasteiger partial charge is 0.305 e. The standard InChI is InChI=1S/C16H22O2/c1-4-15(17)18-11-16(3)10-14(16)12(2)13-8-6-5-7-9-13/h5-9,12,14H,4,10-11H2,1-3H3/t12-,14-,16?/m0/s1. The van der Waals surface area contributed by atoms with Crippen molar-refractivity contribution in [1.29, 1.82) is 0 Å². The normalized spacial score (nSPS) is 27.6. The third-order valence-electron chi connectivity index (χ3n) is 4.20. The molecule has 0 spiro atoms. The molecule has 1 aromatic rings. The van der Waals surface area contributed by atoms with Crippen LogP contribution >= 0.6 is 0 Å². The zero-order chi connectivity index (χ0) is 13.2. The average molecular weight is 246 g/mol. The van der Waals surface area contributed by atoms with Crippen molar-refractivity contribution in [2.45, 2.75) is 39.5 Å². The van der Waals surface area contributed by atoms with Crippen LogP contribution in [-0.4, -0.2) is 12.6 Å². The van der Waals surface area contributed by atoms with Gasteiger partial charge in [0, 0.05) is 11.8 Å². The van der Waals surface area contributed by atoms with E-state index in [-0.39, 0.29) is 11.4 Å². The molecule has 2 rings (SSSR count). The largest absolute Gasteiger partial charge is 0.465 e. The molecular formula is C16H22O2. The quantitative estimate of drug-likeness (QED) is 0.739. The zero-order valence-electron chi connectivity index (χ0n) is 11.5. The number of carbonyl (C=O) groups is 1. The Labute approximate surface area is 109 Å². The van der Waals surface area contributed by atoms with Gasteiger partial charge < -0.3 is 4.74 Å². The maximum atomic E-state index is 11.2. The van der Waals surface area contributed by atoms with Crippen LogP contribution in [0.2, 0.25) is 0 Å². The molecule has 3 atom stereocenters. The van der Waals surface area contributed by atoms with Gasteiger partial charge in [-0.1, -0.05) is 51.1 Å². The molecule has 0 aromatic heterocycles. The van der Waals surface area contributed by atoms with Crippen molar-refractivity contribution < 1.29 is 9.53 Å². The van der Waals surface area contributed by atoms with Gasteiger partial charge in [0.25, 0.3) is 0 Å². The first-order valence-electron chi connectivity index (χ1n) is 6.77. The summed E-state index contributed by atoms with van der Waals surface area (Å²) in [4.78, 5) is 11.2. The second-order valence-electron chi connectivity index (χ2n) is 5.68. The second-order valence-corrected chi connectivity index (χ2v) is 5.68. The van der Waals surface area contributed by atoms with Gasteiger partial charge in [0.1, 0.15) is 0 Å². The summed E-state index contributed by atoms with van der Waals surface area (Å²) in [6.07, 6.45) is 1.62. The number of hydrogen-bond donors (Lipinski definition) is 0. The molecule has 0 N–H and O–H groups in total. The molecule has 0 amide bonds. The van der Waals surface area contributed by atoms with Gasteiger partial charge in [0.2, 0.25) is 0 Å². The third-order valence-corrected chi connectivity index (χ3v) is 4.20. The predicted molar refractivity (Wildman–Crippen MR) is 72.3 cm³/mol. The molecule has 1 fully saturated rings. The van der Waals surface area contributed by atoms with Crippen molar-refractivity contribution in [3.05, 3.63) is 35.9 Å². The Morgan fingerprint density at radius 1 is 1.44 bits per heavy atom. The van der Waals surface area contributed by atoms with E-state index < -0.39 is 0 Å². The molecule has 1 unspecified atom stereocenters. The van der Waals surface area contributed by atoms with Crippen LogP contribution in [0.5, 0.6) is 0 Å². The minimum absolute atomic E-state index is 0.0887. The minimum Gasteiger partial charge on any atom is -0.465 e. The molecule has 1 aliphatic rings. The molecular weight excluding hydrogens is 224 g/mol. The molecule has 0 heterocycles. The lowest BCUT2D eigenvalue weighted by Crippen LogP contribution is -2.15. The van der Waals surface area contributed by atoms with Crippen molar-refractivity contribution in [2.24, 2.45) is 11.3 Å². The van der Waals surface area contributed by atoms with Crippen LogP contribution in [0.4, 0.5) is 0 Å². The van der Waals surface area contributed by atoms with E-state index in [0.717, 1.165) is 6.42 Å². The predicted octanol–water partition coefficient (Wildman–Crippen LogP) is 3.77. The zero-order valence-corrected chi connectivity index (χ0v) is 11.5. The number of carbonyl (C=O) groups excluding carboxylic acids is 1. The van der Waals surface area contributed by atoms with Crippen molar-refractivity contribution in [2.75, 3.05) is 6.61 Å². The van der Waals surface area contributed by atoms with E-state index in [4.69, 9.17) is 4.74 Å². The lowest BCUT2D eigenvalue weighted by Gasteiger charge is -2.17. The first kappa shape index (κ1) is 13.1. The molecule has 0 aliphatic heterocycles. The number of hydrogen-bond acceptors (Lipinski definition) is 2. The fourth-order valence-corrected chi connectivity index (χ4v) is 2.73. The van der Waals surface area contributed by atoms with Crippen molar-refractivity contribution >= 4 is 5.97 Å². The van der Waals surface area contributed by atoms with Crippen molar-refractivity contribution in [3.8, 4) is 0 Å². The summed E-state index contributed by atoms with van der Waals surface area (Å²) in [5.74, 6) is 1.08. The monoisotopic (exact) mass is 246 g/mol. The fraction of sp³-hybridized carbons (Fsp3) is 0.562. The summed E-state index contributed by atoms with van der Waals surface area (Å²) in [6.45, 7) is 6.90. The summed E-state index contributed by atoms with van der Waals surface area (Å²) in [5.41, 5.74) is 1.56. The number of esters is 1. The molecule has 98 valence electrons. The maximum Gasteiger partial charge on any atom is 0.305 e. The lowest BCUT2D eigenvalue weighted by molar-refractivity contribution is -0.145. The summed E-state index contributed by atoms with van der Waals surface area (Å²) in [7, 11) is 0. The van der Waals surface area contributed by atoms with Gasteiger partial charge in [0.05, 0.1) is 6.61 Å². The molecule has 1 aliphatic carbocycles. The third kappa shape index (κ3) is 2.74. The Kier molecular flexibility index (Phi) is 3.74. The van der Waals surface area contributed by atoms with Gasteiger partial charge in [0.15, 0.2) is 0 Å². The Morgan fingerprint density at radius 2 is 2.11 bits per heavy atom. The van der Waals surface area contributed by atoms with E-state index in [1.165, 1.54) is 5.56 Å². The first-order chi connectivity index (χ1) is 8.57. The molecule has 1 aromatic carbocycles. The highest BCUT2D eigenvalue weighted by Crippen LogP contribution is 2.58. The number of rotatable bonds is 5. The molecule has 1 saturated carbocycles. The number of benzene rings is 1. The van der Waals surface area contributed by atoms with Crippen LogP contribution in [0.15, 0.2) is 30.3 Å². The molecule has 18 heavy (non-hydrogen) atoms. The molecule has 0 radical (unpaired) electrons. The van der Waals surface area contributed by atoms with Crippen LogP contribution < -0.4 is 0 Å². The van der Waals surface area contributed by atoms with Gasteiger partial charge in [-0.05, 0) is 23.8 Å². The Hall–Kier alpha value is -1.31. The molecule has 0 saturated heterocycles. The highest BCUT2D eigenvalue weighted by molar-refractivity contribution is 5.68. The van der Waals surface area contributed by atoms with E-state index in [2.05, 4.69) is 38.1 Å². The summed E-state index contributed by atoms with van der Waals surface area (Å²) in [5, 5.41) is 0. The fourth-order valence-electron chi connectivity index (χ4n) is 2.73. The maximum absolute atomic E-state index is 11.2. The Balaban J connectivity index is 1.91. The van der Waals surface area contributed by atoms with Gasteiger partial charge in [-0.3, -0.25) is 4.79 Å². The first-order valence-corrected chi connectivity index (χ1v) is 6.77. The van der Waals surface area contributed by atoms with E-state index in [0.29, 0.717) is 24.9 Å². The Bertz CT molecular complexity index is 412. The topological polar surface area (TPSA) is 26.3 Å². The SMILES string of the molecule is CCC(=O)OCC1(C)C[C@H]1[C@@H](C)c1ccccc1. The van der Waals surface area contributed by atoms with E-state index in [1.54, 1.807) is 0 Å². The molecule has 2 nitrogen and oxygen atoms in total. The van der Waals surface area contributed by atoms with Crippen LogP contribution in [0, 0.1) is 11.3 Å². The van der Waals surface area contributed by atoms with Crippen LogP contribution in [-0.2, 0) is 9.53 Å². The highest BCUT2D eigenvalue weighted by Gasteiger charge is 2.53. The second kappa shape index (κ2) is 5.13. The van der Waals surface area contributed by atoms with E-state index in [9.17, 15) is 4.79 Å². The van der Waals surface area contributed by atoms with Gasteiger partial charge in [-0.25, -0.2) is 0 Å². The lowest BCUT2D eigenvalue weighted by atomic mass is 9.91. The summed E-state index contributed by atoms with van der Waals surface area (Å²) < 4.78 is 5.30. The average Bonchev–Trinajstić information content (AvgIpc) is 3.09. The van der Waals surface area contributed by atoms with Gasteiger partial charge >= 0.3 is 5.97 Å². The molecule has 0 bridgehead atoms. The Morgan fingerprint density at radius 3 is 2.72 bits per heavy atom. The van der Waals surface area contributed by atoms with Gasteiger partial charge in [-0.2, -0.15) is 0 Å². The van der Waals surface area contributed by atoms with Crippen LogP contribution in [0.1, 0.15) is 45.1 Å². The summed E-state index contributed by atoms with van der Waals surface area (Å²) >= 11 is 0. The van der Waals surface area contributed by atoms with Crippen molar-refractivity contribution in [3.63, 3.8) is 0 Å². The van der Waals surface area contributed by atoms with Gasteiger partial charge in [-0.15, -0.1) is 0 Å². The number of ether oxygens (including phenoxy) is 1. The van der Waals surface area contributed by atoms with Crippen LogP contribution in [0.3, 0.4) is 0 Å². The highest BCUT2D eigenvalue weighted by atomic mass is 16.5. The van der Waals surface area contributed by atoms with Crippen molar-refractivity contribution in [1.82, 2.24) is 0 Å². The summed E-state index contributed by atoms with van der Waals surface area (Å²) in [6, 6.07) is 10.6. The minimum atomic E-state index is -0.0887. The molecule has 2 heteroatoms.